The van der Waals surface area contributed by atoms with Crippen molar-refractivity contribution in [2.45, 2.75) is 24.8 Å². The van der Waals surface area contributed by atoms with Crippen molar-refractivity contribution < 1.29 is 8.42 Å². The molecular formula is C23H24N2O2S. The maximum Gasteiger partial charge on any atom is 0.244 e. The summed E-state index contributed by atoms with van der Waals surface area (Å²) in [6, 6.07) is 25.4. The number of hydrogen-bond donors (Lipinski definition) is 0. The van der Waals surface area contributed by atoms with E-state index < -0.39 is 10.0 Å². The van der Waals surface area contributed by atoms with E-state index >= 15 is 0 Å². The third kappa shape index (κ3) is 3.55. The smallest absolute Gasteiger partial charge is 0.244 e. The van der Waals surface area contributed by atoms with Crippen molar-refractivity contribution in [2.75, 3.05) is 18.1 Å². The minimum atomic E-state index is -3.55. The molecule has 3 aromatic carbocycles. The van der Waals surface area contributed by atoms with Gasteiger partial charge in [-0.05, 0) is 43.7 Å². The van der Waals surface area contributed by atoms with E-state index in [2.05, 4.69) is 48.2 Å². The summed E-state index contributed by atoms with van der Waals surface area (Å²) in [5, 5.41) is 0. The lowest BCUT2D eigenvalue weighted by Gasteiger charge is -2.26. The summed E-state index contributed by atoms with van der Waals surface area (Å²) in [7, 11) is -3.55. The fraction of sp³-hybridized carbons (Fsp3) is 0.217. The maximum atomic E-state index is 13.3. The van der Waals surface area contributed by atoms with E-state index in [1.165, 1.54) is 5.56 Å². The fourth-order valence-electron chi connectivity index (χ4n) is 3.61. The minimum Gasteiger partial charge on any atom is -0.349 e. The van der Waals surface area contributed by atoms with Crippen LogP contribution in [0.3, 0.4) is 0 Å². The first kappa shape index (κ1) is 18.7. The molecule has 1 aliphatic rings. The van der Waals surface area contributed by atoms with Gasteiger partial charge in [0, 0.05) is 12.2 Å². The quantitative estimate of drug-likeness (QED) is 0.656. The molecule has 3 aromatic rings. The summed E-state index contributed by atoms with van der Waals surface area (Å²) in [4.78, 5) is 2.51. The number of nitrogens with zero attached hydrogens (tertiary/aromatic N) is 2. The molecule has 0 saturated carbocycles. The molecule has 0 aromatic heterocycles. The van der Waals surface area contributed by atoms with Crippen molar-refractivity contribution in [1.29, 1.82) is 0 Å². The molecule has 144 valence electrons. The zero-order chi connectivity index (χ0) is 19.7. The summed E-state index contributed by atoms with van der Waals surface area (Å²) in [6.07, 6.45) is 0. The molecule has 0 spiro atoms. The van der Waals surface area contributed by atoms with Gasteiger partial charge in [0.05, 0.1) is 17.6 Å². The van der Waals surface area contributed by atoms with E-state index in [4.69, 9.17) is 0 Å². The Hall–Kier alpha value is -2.63. The van der Waals surface area contributed by atoms with E-state index in [0.717, 1.165) is 16.8 Å². The van der Waals surface area contributed by atoms with Crippen molar-refractivity contribution in [3.63, 3.8) is 0 Å². The van der Waals surface area contributed by atoms with Gasteiger partial charge < -0.3 is 4.90 Å². The van der Waals surface area contributed by atoms with Crippen molar-refractivity contribution in [3.05, 3.63) is 95.6 Å². The molecule has 4 rings (SSSR count). The summed E-state index contributed by atoms with van der Waals surface area (Å²) >= 11 is 0. The molecule has 1 heterocycles. The van der Waals surface area contributed by atoms with Gasteiger partial charge >= 0.3 is 0 Å². The largest absolute Gasteiger partial charge is 0.349 e. The lowest BCUT2D eigenvalue weighted by atomic mass is 10.1. The average Bonchev–Trinajstić information content (AvgIpc) is 3.16. The number of sulfonamides is 1. The van der Waals surface area contributed by atoms with Gasteiger partial charge in [0.1, 0.15) is 0 Å². The average molecular weight is 393 g/mol. The molecule has 1 atom stereocenters. The lowest BCUT2D eigenvalue weighted by molar-refractivity contribution is 0.473. The van der Waals surface area contributed by atoms with Crippen LogP contribution in [0.2, 0.25) is 0 Å². The number of rotatable bonds is 4. The van der Waals surface area contributed by atoms with Crippen LogP contribution in [0.15, 0.2) is 83.8 Å². The normalized spacial score (nSPS) is 17.8. The summed E-state index contributed by atoms with van der Waals surface area (Å²) in [6.45, 7) is 4.76. The Kier molecular flexibility index (Phi) is 4.96. The van der Waals surface area contributed by atoms with E-state index in [1.807, 2.05) is 37.3 Å². The van der Waals surface area contributed by atoms with Gasteiger partial charge in [0.15, 0.2) is 0 Å². The zero-order valence-corrected chi connectivity index (χ0v) is 16.9. The summed E-state index contributed by atoms with van der Waals surface area (Å²) in [5.74, 6) is 0. The van der Waals surface area contributed by atoms with Gasteiger partial charge in [0.25, 0.3) is 0 Å². The van der Waals surface area contributed by atoms with Crippen LogP contribution in [-0.4, -0.2) is 25.9 Å². The summed E-state index contributed by atoms with van der Waals surface area (Å²) in [5.41, 5.74) is 4.37. The predicted molar refractivity (Wildman–Crippen MR) is 113 cm³/mol. The molecule has 0 bridgehead atoms. The molecule has 0 radical (unpaired) electrons. The van der Waals surface area contributed by atoms with Crippen LogP contribution in [0.5, 0.6) is 0 Å². The second-order valence-corrected chi connectivity index (χ2v) is 9.26. The van der Waals surface area contributed by atoms with Crippen LogP contribution in [0, 0.1) is 13.8 Å². The highest BCUT2D eigenvalue weighted by atomic mass is 32.2. The van der Waals surface area contributed by atoms with Gasteiger partial charge in [-0.3, -0.25) is 0 Å². The molecule has 0 aliphatic carbocycles. The van der Waals surface area contributed by atoms with Gasteiger partial charge in [-0.1, -0.05) is 65.7 Å². The Morgan fingerprint density at radius 1 is 0.786 bits per heavy atom. The molecule has 4 nitrogen and oxygen atoms in total. The Bertz CT molecular complexity index is 1050. The van der Waals surface area contributed by atoms with Crippen molar-refractivity contribution in [3.8, 4) is 0 Å². The lowest BCUT2D eigenvalue weighted by Crippen LogP contribution is -2.31. The van der Waals surface area contributed by atoms with E-state index in [1.54, 1.807) is 16.4 Å². The molecule has 1 aliphatic heterocycles. The Morgan fingerprint density at radius 3 is 1.96 bits per heavy atom. The molecule has 1 saturated heterocycles. The predicted octanol–water partition coefficient (Wildman–Crippen LogP) is 4.51. The van der Waals surface area contributed by atoms with Gasteiger partial charge in [0.2, 0.25) is 10.0 Å². The standard InChI is InChI=1S/C23H24N2O2S/c1-18-8-12-21(13-9-18)25-17-24(16-23(25)20-6-4-3-5-7-20)28(26,27)22-14-10-19(2)11-15-22/h3-15,23H,16-17H2,1-2H3/t23-/m0/s1. The summed E-state index contributed by atoms with van der Waals surface area (Å²) < 4.78 is 28.1. The first-order chi connectivity index (χ1) is 13.4. The number of hydrogen-bond acceptors (Lipinski definition) is 3. The first-order valence-corrected chi connectivity index (χ1v) is 10.8. The van der Waals surface area contributed by atoms with E-state index in [0.29, 0.717) is 18.1 Å². The van der Waals surface area contributed by atoms with Crippen molar-refractivity contribution in [1.82, 2.24) is 4.31 Å². The molecule has 1 fully saturated rings. The van der Waals surface area contributed by atoms with Crippen molar-refractivity contribution in [2.24, 2.45) is 0 Å². The Morgan fingerprint density at radius 2 is 1.36 bits per heavy atom. The number of benzene rings is 3. The number of aryl methyl sites for hydroxylation is 2. The molecule has 28 heavy (non-hydrogen) atoms. The highest BCUT2D eigenvalue weighted by Crippen LogP contribution is 2.35. The van der Waals surface area contributed by atoms with Crippen molar-refractivity contribution >= 4 is 15.7 Å². The Balaban J connectivity index is 1.71. The first-order valence-electron chi connectivity index (χ1n) is 9.40. The van der Waals surface area contributed by atoms with Crippen LogP contribution >= 0.6 is 0 Å². The highest BCUT2D eigenvalue weighted by Gasteiger charge is 2.38. The van der Waals surface area contributed by atoms with Gasteiger partial charge in [-0.15, -0.1) is 0 Å². The topological polar surface area (TPSA) is 40.6 Å². The molecule has 0 N–H and O–H groups in total. The second kappa shape index (κ2) is 7.41. The molecule has 5 heteroatoms. The van der Waals surface area contributed by atoms with E-state index in [9.17, 15) is 8.42 Å². The number of anilines is 1. The molecular weight excluding hydrogens is 368 g/mol. The maximum absolute atomic E-state index is 13.3. The fourth-order valence-corrected chi connectivity index (χ4v) is 5.00. The van der Waals surface area contributed by atoms with E-state index in [-0.39, 0.29) is 6.04 Å². The SMILES string of the molecule is Cc1ccc(N2CN(S(=O)(=O)c3ccc(C)cc3)C[C@H]2c2ccccc2)cc1. The molecule has 0 amide bonds. The van der Waals surface area contributed by atoms with Crippen LogP contribution in [0.25, 0.3) is 0 Å². The van der Waals surface area contributed by atoms with Crippen LogP contribution < -0.4 is 4.90 Å². The third-order valence-electron chi connectivity index (χ3n) is 5.27. The molecule has 0 unspecified atom stereocenters. The van der Waals surface area contributed by atoms with Gasteiger partial charge in [-0.2, -0.15) is 4.31 Å². The zero-order valence-electron chi connectivity index (χ0n) is 16.1. The van der Waals surface area contributed by atoms with Crippen LogP contribution in [0.1, 0.15) is 22.7 Å². The minimum absolute atomic E-state index is 0.0240. The Labute approximate surface area is 167 Å². The highest BCUT2D eigenvalue weighted by molar-refractivity contribution is 7.89. The van der Waals surface area contributed by atoms with Crippen LogP contribution in [-0.2, 0) is 10.0 Å². The third-order valence-corrected chi connectivity index (χ3v) is 7.08. The second-order valence-electron chi connectivity index (χ2n) is 7.33. The van der Waals surface area contributed by atoms with Crippen LogP contribution in [0.4, 0.5) is 5.69 Å². The van der Waals surface area contributed by atoms with Gasteiger partial charge in [-0.25, -0.2) is 8.42 Å². The monoisotopic (exact) mass is 392 g/mol.